The van der Waals surface area contributed by atoms with Crippen LogP contribution in [0, 0.1) is 11.3 Å². The fourth-order valence-corrected chi connectivity index (χ4v) is 4.15. The summed E-state index contributed by atoms with van der Waals surface area (Å²) in [5, 5.41) is 8.38. The van der Waals surface area contributed by atoms with Gasteiger partial charge < -0.3 is 0 Å². The average Bonchev–Trinajstić information content (AvgIpc) is 2.66. The van der Waals surface area contributed by atoms with Crippen LogP contribution in [0.1, 0.15) is 39.5 Å². The highest BCUT2D eigenvalue weighted by Gasteiger charge is 2.35. The van der Waals surface area contributed by atoms with Gasteiger partial charge in [0.1, 0.15) is 6.54 Å². The molecule has 0 aromatic carbocycles. The maximum Gasteiger partial charge on any atom is 0.218 e. The summed E-state index contributed by atoms with van der Waals surface area (Å²) in [4.78, 5) is 0. The molecule has 1 fully saturated rings. The molecule has 0 radical (unpaired) electrons. The van der Waals surface area contributed by atoms with Crippen molar-refractivity contribution in [3.05, 3.63) is 0 Å². The van der Waals surface area contributed by atoms with E-state index in [2.05, 4.69) is 0 Å². The molecule has 0 N–H and O–H groups in total. The molecule has 0 aromatic heterocycles. The first-order valence-electron chi connectivity index (χ1n) is 5.37. The molecule has 5 heteroatoms. The first kappa shape index (κ1) is 12.5. The Morgan fingerprint density at radius 2 is 1.93 bits per heavy atom. The average molecular weight is 230 g/mol. The first-order chi connectivity index (χ1) is 7.00. The summed E-state index contributed by atoms with van der Waals surface area (Å²) >= 11 is 0. The second-order valence-corrected chi connectivity index (χ2v) is 6.41. The molecule has 1 aliphatic carbocycles. The van der Waals surface area contributed by atoms with Gasteiger partial charge in [0.25, 0.3) is 0 Å². The molecular weight excluding hydrogens is 212 g/mol. The van der Waals surface area contributed by atoms with Crippen molar-refractivity contribution in [2.24, 2.45) is 0 Å². The zero-order valence-corrected chi connectivity index (χ0v) is 10.1. The van der Waals surface area contributed by atoms with E-state index < -0.39 is 10.0 Å². The zero-order valence-electron chi connectivity index (χ0n) is 9.31. The predicted octanol–water partition coefficient (Wildman–Crippen LogP) is 1.49. The maximum atomic E-state index is 12.1. The summed E-state index contributed by atoms with van der Waals surface area (Å²) < 4.78 is 25.6. The molecule has 1 rings (SSSR count). The van der Waals surface area contributed by atoms with Crippen molar-refractivity contribution in [2.75, 3.05) is 6.54 Å². The number of nitrogens with zero attached hydrogens (tertiary/aromatic N) is 2. The van der Waals surface area contributed by atoms with Gasteiger partial charge in [0, 0.05) is 6.04 Å². The van der Waals surface area contributed by atoms with E-state index in [0.717, 1.165) is 25.7 Å². The zero-order chi connectivity index (χ0) is 11.5. The third-order valence-electron chi connectivity index (χ3n) is 2.85. The third-order valence-corrected chi connectivity index (χ3v) is 5.37. The largest absolute Gasteiger partial charge is 0.218 e. The van der Waals surface area contributed by atoms with E-state index in [1.807, 2.05) is 19.9 Å². The highest BCUT2D eigenvalue weighted by Crippen LogP contribution is 2.27. The van der Waals surface area contributed by atoms with Gasteiger partial charge in [-0.25, -0.2) is 8.42 Å². The van der Waals surface area contributed by atoms with Crippen LogP contribution in [0.3, 0.4) is 0 Å². The Kier molecular flexibility index (Phi) is 4.12. The molecule has 0 unspecified atom stereocenters. The standard InChI is InChI=1S/C10H18N2O2S/c1-9(2)12(8-7-11)15(13,14)10-5-3-4-6-10/h9-10H,3-6,8H2,1-2H3. The SMILES string of the molecule is CC(C)N(CC#N)S(=O)(=O)C1CCCC1. The van der Waals surface area contributed by atoms with Crippen LogP contribution in [-0.2, 0) is 10.0 Å². The lowest BCUT2D eigenvalue weighted by atomic mass is 10.4. The Balaban J connectivity index is 2.85. The van der Waals surface area contributed by atoms with Crippen LogP contribution >= 0.6 is 0 Å². The Morgan fingerprint density at radius 3 is 2.33 bits per heavy atom. The van der Waals surface area contributed by atoms with Gasteiger partial charge in [0.15, 0.2) is 0 Å². The normalized spacial score (nSPS) is 18.6. The quantitative estimate of drug-likeness (QED) is 0.687. The highest BCUT2D eigenvalue weighted by molar-refractivity contribution is 7.89. The molecule has 0 atom stereocenters. The number of rotatable bonds is 4. The molecule has 86 valence electrons. The molecule has 0 amide bonds. The van der Waals surface area contributed by atoms with E-state index in [1.54, 1.807) is 0 Å². The summed E-state index contributed by atoms with van der Waals surface area (Å²) in [7, 11) is -3.25. The number of hydrogen-bond donors (Lipinski definition) is 0. The molecule has 0 spiro atoms. The highest BCUT2D eigenvalue weighted by atomic mass is 32.2. The van der Waals surface area contributed by atoms with Crippen LogP contribution in [0.15, 0.2) is 0 Å². The van der Waals surface area contributed by atoms with Crippen LogP contribution in [0.4, 0.5) is 0 Å². The second kappa shape index (κ2) is 4.95. The van der Waals surface area contributed by atoms with E-state index in [4.69, 9.17) is 5.26 Å². The van der Waals surface area contributed by atoms with E-state index in [0.29, 0.717) is 0 Å². The Labute approximate surface area is 91.9 Å². The van der Waals surface area contributed by atoms with E-state index in [9.17, 15) is 8.42 Å². The van der Waals surface area contributed by atoms with Gasteiger partial charge in [-0.3, -0.25) is 0 Å². The Hall–Kier alpha value is -0.600. The summed E-state index contributed by atoms with van der Waals surface area (Å²) in [5.41, 5.74) is 0. The lowest BCUT2D eigenvalue weighted by molar-refractivity contribution is 0.379. The molecule has 1 aliphatic rings. The van der Waals surface area contributed by atoms with Crippen molar-refractivity contribution in [1.82, 2.24) is 4.31 Å². The smallest absolute Gasteiger partial charge is 0.212 e. The predicted molar refractivity (Wildman–Crippen MR) is 58.6 cm³/mol. The molecule has 0 bridgehead atoms. The number of sulfonamides is 1. The van der Waals surface area contributed by atoms with Gasteiger partial charge in [-0.15, -0.1) is 0 Å². The minimum Gasteiger partial charge on any atom is -0.212 e. The van der Waals surface area contributed by atoms with Crippen LogP contribution in [0.2, 0.25) is 0 Å². The van der Waals surface area contributed by atoms with Crippen molar-refractivity contribution in [3.8, 4) is 6.07 Å². The monoisotopic (exact) mass is 230 g/mol. The van der Waals surface area contributed by atoms with Crippen molar-refractivity contribution < 1.29 is 8.42 Å². The molecule has 0 aliphatic heterocycles. The molecule has 4 nitrogen and oxygen atoms in total. The Morgan fingerprint density at radius 1 is 1.40 bits per heavy atom. The molecule has 0 heterocycles. The van der Waals surface area contributed by atoms with Crippen LogP contribution in [0.25, 0.3) is 0 Å². The number of hydrogen-bond acceptors (Lipinski definition) is 3. The molecule has 0 saturated heterocycles. The van der Waals surface area contributed by atoms with E-state index in [1.165, 1.54) is 4.31 Å². The molecule has 15 heavy (non-hydrogen) atoms. The van der Waals surface area contributed by atoms with Crippen molar-refractivity contribution in [2.45, 2.75) is 50.8 Å². The number of nitriles is 1. The van der Waals surface area contributed by atoms with Gasteiger partial charge in [-0.2, -0.15) is 9.57 Å². The van der Waals surface area contributed by atoms with Gasteiger partial charge >= 0.3 is 0 Å². The third kappa shape index (κ3) is 2.70. The van der Waals surface area contributed by atoms with Gasteiger partial charge in [-0.05, 0) is 26.7 Å². The summed E-state index contributed by atoms with van der Waals surface area (Å²) in [6, 6.07) is 1.80. The van der Waals surface area contributed by atoms with Crippen LogP contribution in [-0.4, -0.2) is 30.6 Å². The van der Waals surface area contributed by atoms with Gasteiger partial charge in [0.2, 0.25) is 10.0 Å². The van der Waals surface area contributed by atoms with Crippen molar-refractivity contribution in [3.63, 3.8) is 0 Å². The van der Waals surface area contributed by atoms with Gasteiger partial charge in [0.05, 0.1) is 11.3 Å². The molecule has 0 aromatic rings. The molecular formula is C10H18N2O2S. The first-order valence-corrected chi connectivity index (χ1v) is 6.88. The summed E-state index contributed by atoms with van der Waals surface area (Å²) in [6.45, 7) is 3.59. The van der Waals surface area contributed by atoms with Crippen LogP contribution < -0.4 is 0 Å². The van der Waals surface area contributed by atoms with Crippen LogP contribution in [0.5, 0.6) is 0 Å². The maximum absolute atomic E-state index is 12.1. The topological polar surface area (TPSA) is 61.2 Å². The second-order valence-electron chi connectivity index (χ2n) is 4.25. The minimum atomic E-state index is -3.25. The molecule has 1 saturated carbocycles. The Bertz CT molecular complexity index is 337. The summed E-state index contributed by atoms with van der Waals surface area (Å²) in [6.07, 6.45) is 3.47. The van der Waals surface area contributed by atoms with Crippen molar-refractivity contribution in [1.29, 1.82) is 5.26 Å². The van der Waals surface area contributed by atoms with Crippen molar-refractivity contribution >= 4 is 10.0 Å². The fraction of sp³-hybridized carbons (Fsp3) is 0.900. The lowest BCUT2D eigenvalue weighted by Gasteiger charge is -2.26. The fourth-order valence-electron chi connectivity index (χ4n) is 2.01. The summed E-state index contributed by atoms with van der Waals surface area (Å²) in [5.74, 6) is 0. The van der Waals surface area contributed by atoms with E-state index in [-0.39, 0.29) is 17.8 Å². The van der Waals surface area contributed by atoms with E-state index >= 15 is 0 Å². The lowest BCUT2D eigenvalue weighted by Crippen LogP contribution is -2.42. The minimum absolute atomic E-state index is 0.0312. The van der Waals surface area contributed by atoms with Gasteiger partial charge in [-0.1, -0.05) is 12.8 Å².